The Labute approximate surface area is 141 Å². The van der Waals surface area contributed by atoms with Crippen molar-refractivity contribution in [3.05, 3.63) is 28.8 Å². The molecule has 1 aromatic carbocycles. The van der Waals surface area contributed by atoms with Gasteiger partial charge in [-0.15, -0.1) is 0 Å². The summed E-state index contributed by atoms with van der Waals surface area (Å²) in [4.78, 5) is 24.3. The number of carbonyl (C=O) groups excluding carboxylic acids is 2. The average molecular weight is 336 g/mol. The first-order valence-corrected chi connectivity index (χ1v) is 8.58. The maximum absolute atomic E-state index is 12.3. The Balaban J connectivity index is 1.57. The van der Waals surface area contributed by atoms with Crippen LogP contribution in [0.4, 0.5) is 5.69 Å². The van der Waals surface area contributed by atoms with Gasteiger partial charge in [0.05, 0.1) is 17.8 Å². The van der Waals surface area contributed by atoms with Crippen molar-refractivity contribution in [3.8, 4) is 0 Å². The molecule has 2 aliphatic rings. The summed E-state index contributed by atoms with van der Waals surface area (Å²) in [6.07, 6.45) is 4.84. The molecule has 124 valence electrons. The van der Waals surface area contributed by atoms with E-state index in [-0.39, 0.29) is 18.4 Å². The number of benzene rings is 1. The number of anilines is 1. The van der Waals surface area contributed by atoms with Crippen LogP contribution < -0.4 is 16.0 Å². The summed E-state index contributed by atoms with van der Waals surface area (Å²) in [6, 6.07) is 4.94. The standard InChI is InChI=1S/C17H22ClN3O2/c18-13-5-6-15(21-16(22)10-19-8-11-1-2-11)14(7-13)17(23)20-9-12-3-4-12/h5-7,11-12,19H,1-4,8-10H2,(H,20,23)(H,21,22). The van der Waals surface area contributed by atoms with E-state index < -0.39 is 0 Å². The topological polar surface area (TPSA) is 70.2 Å². The van der Waals surface area contributed by atoms with Gasteiger partial charge in [-0.2, -0.15) is 0 Å². The Kier molecular flexibility index (Phi) is 5.18. The van der Waals surface area contributed by atoms with Crippen molar-refractivity contribution in [2.45, 2.75) is 25.7 Å². The predicted octanol–water partition coefficient (Wildman–Crippen LogP) is 2.42. The lowest BCUT2D eigenvalue weighted by Gasteiger charge is -2.12. The number of carbonyl (C=O) groups is 2. The molecule has 0 heterocycles. The van der Waals surface area contributed by atoms with Crippen LogP contribution in [0.1, 0.15) is 36.0 Å². The Hall–Kier alpha value is -1.59. The van der Waals surface area contributed by atoms with E-state index in [1.54, 1.807) is 18.2 Å². The van der Waals surface area contributed by atoms with Gasteiger partial charge < -0.3 is 16.0 Å². The first-order valence-electron chi connectivity index (χ1n) is 8.20. The molecule has 0 aliphatic heterocycles. The molecular weight excluding hydrogens is 314 g/mol. The largest absolute Gasteiger partial charge is 0.352 e. The van der Waals surface area contributed by atoms with Gasteiger partial charge in [-0.1, -0.05) is 11.6 Å². The highest BCUT2D eigenvalue weighted by atomic mass is 35.5. The van der Waals surface area contributed by atoms with Crippen molar-refractivity contribution in [2.24, 2.45) is 11.8 Å². The molecule has 0 bridgehead atoms. The van der Waals surface area contributed by atoms with Gasteiger partial charge in [-0.05, 0) is 62.3 Å². The number of hydrogen-bond acceptors (Lipinski definition) is 3. The minimum Gasteiger partial charge on any atom is -0.352 e. The monoisotopic (exact) mass is 335 g/mol. The summed E-state index contributed by atoms with van der Waals surface area (Å²) < 4.78 is 0. The zero-order valence-electron chi connectivity index (χ0n) is 13.0. The number of rotatable bonds is 8. The molecule has 3 rings (SSSR count). The SMILES string of the molecule is O=C(CNCC1CC1)Nc1ccc(Cl)cc1C(=O)NCC1CC1. The predicted molar refractivity (Wildman–Crippen MR) is 90.7 cm³/mol. The van der Waals surface area contributed by atoms with Gasteiger partial charge in [0.1, 0.15) is 0 Å². The molecule has 2 saturated carbocycles. The molecular formula is C17H22ClN3O2. The van der Waals surface area contributed by atoms with Gasteiger partial charge in [0, 0.05) is 11.6 Å². The van der Waals surface area contributed by atoms with Crippen LogP contribution in [0, 0.1) is 11.8 Å². The molecule has 6 heteroatoms. The molecule has 0 unspecified atom stereocenters. The average Bonchev–Trinajstić information content (AvgIpc) is 3.41. The highest BCUT2D eigenvalue weighted by Gasteiger charge is 2.23. The summed E-state index contributed by atoms with van der Waals surface area (Å²) in [5.74, 6) is 0.981. The third-order valence-corrected chi connectivity index (χ3v) is 4.40. The van der Waals surface area contributed by atoms with Gasteiger partial charge in [0.25, 0.3) is 5.91 Å². The number of halogens is 1. The summed E-state index contributed by atoms with van der Waals surface area (Å²) in [5, 5.41) is 9.31. The zero-order chi connectivity index (χ0) is 16.2. The second kappa shape index (κ2) is 7.32. The minimum atomic E-state index is -0.194. The van der Waals surface area contributed by atoms with E-state index in [4.69, 9.17) is 11.6 Å². The molecule has 1 aromatic rings. The van der Waals surface area contributed by atoms with E-state index >= 15 is 0 Å². The highest BCUT2D eigenvalue weighted by molar-refractivity contribution is 6.31. The van der Waals surface area contributed by atoms with E-state index in [0.717, 1.165) is 12.5 Å². The van der Waals surface area contributed by atoms with Crippen LogP contribution in [0.25, 0.3) is 0 Å². The quantitative estimate of drug-likeness (QED) is 0.683. The third kappa shape index (κ3) is 5.22. The summed E-state index contributed by atoms with van der Waals surface area (Å²) in [7, 11) is 0. The summed E-state index contributed by atoms with van der Waals surface area (Å²) >= 11 is 5.99. The van der Waals surface area contributed by atoms with Crippen LogP contribution in [-0.2, 0) is 4.79 Å². The van der Waals surface area contributed by atoms with Crippen LogP contribution in [0.5, 0.6) is 0 Å². The van der Waals surface area contributed by atoms with Gasteiger partial charge in [0.2, 0.25) is 5.91 Å². The van der Waals surface area contributed by atoms with Crippen LogP contribution in [0.15, 0.2) is 18.2 Å². The first-order chi connectivity index (χ1) is 11.1. The fourth-order valence-corrected chi connectivity index (χ4v) is 2.55. The van der Waals surface area contributed by atoms with Gasteiger partial charge >= 0.3 is 0 Å². The molecule has 0 radical (unpaired) electrons. The second-order valence-corrected chi connectivity index (χ2v) is 6.90. The fraction of sp³-hybridized carbons (Fsp3) is 0.529. The van der Waals surface area contributed by atoms with Crippen molar-refractivity contribution in [1.29, 1.82) is 0 Å². The van der Waals surface area contributed by atoms with Gasteiger partial charge in [-0.3, -0.25) is 9.59 Å². The molecule has 2 amide bonds. The number of hydrogen-bond donors (Lipinski definition) is 3. The maximum atomic E-state index is 12.3. The van der Waals surface area contributed by atoms with E-state index in [0.29, 0.717) is 28.7 Å². The second-order valence-electron chi connectivity index (χ2n) is 6.47. The summed E-state index contributed by atoms with van der Waals surface area (Å²) in [6.45, 7) is 1.81. The molecule has 0 aromatic heterocycles. The first kappa shape index (κ1) is 16.3. The Morgan fingerprint density at radius 2 is 1.78 bits per heavy atom. The van der Waals surface area contributed by atoms with Crippen molar-refractivity contribution in [2.75, 3.05) is 25.0 Å². The van der Waals surface area contributed by atoms with Crippen molar-refractivity contribution in [1.82, 2.24) is 10.6 Å². The molecule has 2 aliphatic carbocycles. The van der Waals surface area contributed by atoms with E-state index in [9.17, 15) is 9.59 Å². The minimum absolute atomic E-state index is 0.149. The smallest absolute Gasteiger partial charge is 0.253 e. The van der Waals surface area contributed by atoms with Crippen LogP contribution >= 0.6 is 11.6 Å². The van der Waals surface area contributed by atoms with Crippen molar-refractivity contribution < 1.29 is 9.59 Å². The maximum Gasteiger partial charge on any atom is 0.253 e. The van der Waals surface area contributed by atoms with E-state index in [1.165, 1.54) is 25.7 Å². The highest BCUT2D eigenvalue weighted by Crippen LogP contribution is 2.28. The fourth-order valence-electron chi connectivity index (χ4n) is 2.37. The molecule has 0 saturated heterocycles. The zero-order valence-corrected chi connectivity index (χ0v) is 13.8. The van der Waals surface area contributed by atoms with Gasteiger partial charge in [0.15, 0.2) is 0 Å². The lowest BCUT2D eigenvalue weighted by molar-refractivity contribution is -0.115. The van der Waals surface area contributed by atoms with Gasteiger partial charge in [-0.25, -0.2) is 0 Å². The molecule has 0 spiro atoms. The third-order valence-electron chi connectivity index (χ3n) is 4.16. The van der Waals surface area contributed by atoms with E-state index in [1.807, 2.05) is 0 Å². The number of nitrogens with one attached hydrogen (secondary N) is 3. The van der Waals surface area contributed by atoms with Crippen LogP contribution in [-0.4, -0.2) is 31.4 Å². The normalized spacial score (nSPS) is 16.9. The Morgan fingerprint density at radius 3 is 2.48 bits per heavy atom. The Morgan fingerprint density at radius 1 is 1.09 bits per heavy atom. The Bertz CT molecular complexity index is 598. The number of amides is 2. The van der Waals surface area contributed by atoms with Crippen molar-refractivity contribution >= 4 is 29.1 Å². The molecule has 23 heavy (non-hydrogen) atoms. The molecule has 5 nitrogen and oxygen atoms in total. The summed E-state index contributed by atoms with van der Waals surface area (Å²) in [5.41, 5.74) is 0.912. The lowest BCUT2D eigenvalue weighted by atomic mass is 10.1. The van der Waals surface area contributed by atoms with E-state index in [2.05, 4.69) is 16.0 Å². The molecule has 3 N–H and O–H groups in total. The molecule has 2 fully saturated rings. The van der Waals surface area contributed by atoms with Crippen LogP contribution in [0.2, 0.25) is 5.02 Å². The molecule has 0 atom stereocenters. The lowest BCUT2D eigenvalue weighted by Crippen LogP contribution is -2.31. The van der Waals surface area contributed by atoms with Crippen LogP contribution in [0.3, 0.4) is 0 Å². The van der Waals surface area contributed by atoms with Crippen molar-refractivity contribution in [3.63, 3.8) is 0 Å².